The van der Waals surface area contributed by atoms with E-state index in [4.69, 9.17) is 10.00 Å². The first kappa shape index (κ1) is 16.8. The molecule has 3 rings (SSSR count). The molecule has 0 aromatic heterocycles. The van der Waals surface area contributed by atoms with Crippen LogP contribution in [0.15, 0.2) is 54.6 Å². The fourth-order valence-corrected chi connectivity index (χ4v) is 2.99. The minimum atomic E-state index is -0.138. The molecule has 0 spiro atoms. The maximum atomic E-state index is 12.0. The number of hydrogen-bond donors (Lipinski definition) is 1. The Morgan fingerprint density at radius 1 is 1.24 bits per heavy atom. The number of carbonyl (C=O) groups is 1. The highest BCUT2D eigenvalue weighted by molar-refractivity contribution is 5.77. The first-order valence-corrected chi connectivity index (χ1v) is 8.44. The summed E-state index contributed by atoms with van der Waals surface area (Å²) in [5.74, 6) is 0.844. The van der Waals surface area contributed by atoms with Crippen LogP contribution in [-0.2, 0) is 4.79 Å². The number of para-hydroxylation sites is 1. The molecule has 128 valence electrons. The standard InChI is InChI=1S/C20H21N3O2/c21-12-16-5-4-8-19(11-16)25-15-20(24)22-13-17-9-10-23(14-17)18-6-2-1-3-7-18/h1-8,11,17H,9-10,13-15H2,(H,22,24). The van der Waals surface area contributed by atoms with Crippen LogP contribution in [0.1, 0.15) is 12.0 Å². The van der Waals surface area contributed by atoms with E-state index in [0.29, 0.717) is 23.8 Å². The molecule has 1 saturated heterocycles. The maximum absolute atomic E-state index is 12.0. The summed E-state index contributed by atoms with van der Waals surface area (Å²) >= 11 is 0. The molecule has 1 N–H and O–H groups in total. The van der Waals surface area contributed by atoms with Gasteiger partial charge in [-0.05, 0) is 42.7 Å². The lowest BCUT2D eigenvalue weighted by atomic mass is 10.1. The summed E-state index contributed by atoms with van der Waals surface area (Å²) in [6, 6.07) is 19.2. The van der Waals surface area contributed by atoms with Gasteiger partial charge in [0.15, 0.2) is 6.61 Å². The smallest absolute Gasteiger partial charge is 0.257 e. The van der Waals surface area contributed by atoms with Gasteiger partial charge in [0.05, 0.1) is 11.6 Å². The SMILES string of the molecule is N#Cc1cccc(OCC(=O)NCC2CCN(c3ccccc3)C2)c1. The topological polar surface area (TPSA) is 65.4 Å². The second kappa shape index (κ2) is 8.20. The van der Waals surface area contributed by atoms with Crippen LogP contribution in [0.3, 0.4) is 0 Å². The first-order valence-electron chi connectivity index (χ1n) is 8.44. The molecule has 1 heterocycles. The summed E-state index contributed by atoms with van der Waals surface area (Å²) < 4.78 is 5.44. The van der Waals surface area contributed by atoms with E-state index < -0.39 is 0 Å². The molecule has 1 aliphatic heterocycles. The van der Waals surface area contributed by atoms with Gasteiger partial charge in [-0.2, -0.15) is 5.26 Å². The molecule has 1 unspecified atom stereocenters. The number of rotatable bonds is 6. The van der Waals surface area contributed by atoms with Crippen molar-refractivity contribution in [2.24, 2.45) is 5.92 Å². The van der Waals surface area contributed by atoms with Crippen LogP contribution in [-0.4, -0.2) is 32.1 Å². The number of anilines is 1. The Morgan fingerprint density at radius 2 is 2.08 bits per heavy atom. The predicted octanol–water partition coefficient (Wildman–Crippen LogP) is 2.58. The molecule has 1 atom stereocenters. The summed E-state index contributed by atoms with van der Waals surface area (Å²) in [6.45, 7) is 2.59. The van der Waals surface area contributed by atoms with Crippen LogP contribution in [0.4, 0.5) is 5.69 Å². The normalized spacial score (nSPS) is 16.3. The van der Waals surface area contributed by atoms with Crippen LogP contribution in [0.25, 0.3) is 0 Å². The summed E-state index contributed by atoms with van der Waals surface area (Å²) in [5.41, 5.74) is 1.75. The molecule has 2 aromatic carbocycles. The Kier molecular flexibility index (Phi) is 5.53. The first-order chi connectivity index (χ1) is 12.2. The lowest BCUT2D eigenvalue weighted by Gasteiger charge is -2.18. The van der Waals surface area contributed by atoms with E-state index in [0.717, 1.165) is 19.5 Å². The van der Waals surface area contributed by atoms with Gasteiger partial charge in [-0.1, -0.05) is 24.3 Å². The van der Waals surface area contributed by atoms with E-state index in [2.05, 4.69) is 22.3 Å². The summed E-state index contributed by atoms with van der Waals surface area (Å²) in [5, 5.41) is 11.8. The molecular formula is C20H21N3O2. The molecule has 0 radical (unpaired) electrons. The van der Waals surface area contributed by atoms with E-state index in [1.807, 2.05) is 24.3 Å². The highest BCUT2D eigenvalue weighted by atomic mass is 16.5. The Bertz CT molecular complexity index is 755. The maximum Gasteiger partial charge on any atom is 0.257 e. The van der Waals surface area contributed by atoms with Crippen molar-refractivity contribution < 1.29 is 9.53 Å². The minimum absolute atomic E-state index is 0.0377. The predicted molar refractivity (Wildman–Crippen MR) is 96.4 cm³/mol. The molecule has 0 aliphatic carbocycles. The summed E-state index contributed by atoms with van der Waals surface area (Å²) in [7, 11) is 0. The highest BCUT2D eigenvalue weighted by Crippen LogP contribution is 2.22. The van der Waals surface area contributed by atoms with Crippen molar-refractivity contribution in [3.05, 3.63) is 60.2 Å². The molecule has 0 bridgehead atoms. The number of nitrogens with zero attached hydrogens (tertiary/aromatic N) is 2. The fraction of sp³-hybridized carbons (Fsp3) is 0.300. The van der Waals surface area contributed by atoms with Gasteiger partial charge in [0.2, 0.25) is 0 Å². The number of benzene rings is 2. The minimum Gasteiger partial charge on any atom is -0.484 e. The molecule has 1 fully saturated rings. The second-order valence-electron chi connectivity index (χ2n) is 6.17. The van der Waals surface area contributed by atoms with Gasteiger partial charge in [0.1, 0.15) is 5.75 Å². The van der Waals surface area contributed by atoms with Gasteiger partial charge >= 0.3 is 0 Å². The zero-order valence-corrected chi connectivity index (χ0v) is 14.0. The van der Waals surface area contributed by atoms with E-state index in [1.165, 1.54) is 5.69 Å². The Labute approximate surface area is 147 Å². The molecule has 2 aromatic rings. The van der Waals surface area contributed by atoms with Gasteiger partial charge in [0.25, 0.3) is 5.91 Å². The van der Waals surface area contributed by atoms with E-state index in [1.54, 1.807) is 24.3 Å². The Balaban J connectivity index is 1.40. The van der Waals surface area contributed by atoms with Gasteiger partial charge in [0, 0.05) is 25.3 Å². The van der Waals surface area contributed by atoms with Gasteiger partial charge in [-0.25, -0.2) is 0 Å². The van der Waals surface area contributed by atoms with Crippen LogP contribution in [0.2, 0.25) is 0 Å². The Morgan fingerprint density at radius 3 is 2.88 bits per heavy atom. The number of ether oxygens (including phenoxy) is 1. The van der Waals surface area contributed by atoms with Crippen molar-refractivity contribution in [2.45, 2.75) is 6.42 Å². The van der Waals surface area contributed by atoms with Gasteiger partial charge in [-0.15, -0.1) is 0 Å². The molecule has 1 amide bonds. The van der Waals surface area contributed by atoms with Gasteiger partial charge < -0.3 is 15.0 Å². The number of carbonyl (C=O) groups excluding carboxylic acids is 1. The van der Waals surface area contributed by atoms with E-state index in [9.17, 15) is 4.79 Å². The molecule has 5 heteroatoms. The lowest BCUT2D eigenvalue weighted by molar-refractivity contribution is -0.123. The van der Waals surface area contributed by atoms with Crippen LogP contribution in [0, 0.1) is 17.2 Å². The summed E-state index contributed by atoms with van der Waals surface area (Å²) in [6.07, 6.45) is 1.07. The highest BCUT2D eigenvalue weighted by Gasteiger charge is 2.22. The average Bonchev–Trinajstić information content (AvgIpc) is 3.15. The largest absolute Gasteiger partial charge is 0.484 e. The zero-order valence-electron chi connectivity index (χ0n) is 14.0. The average molecular weight is 335 g/mol. The number of amides is 1. The summed E-state index contributed by atoms with van der Waals surface area (Å²) in [4.78, 5) is 14.3. The number of nitrogens with one attached hydrogen (secondary N) is 1. The Hall–Kier alpha value is -3.00. The van der Waals surface area contributed by atoms with Crippen molar-refractivity contribution in [1.82, 2.24) is 5.32 Å². The third kappa shape index (κ3) is 4.74. The van der Waals surface area contributed by atoms with E-state index >= 15 is 0 Å². The van der Waals surface area contributed by atoms with Crippen molar-refractivity contribution in [3.63, 3.8) is 0 Å². The van der Waals surface area contributed by atoms with Crippen molar-refractivity contribution in [1.29, 1.82) is 5.26 Å². The number of nitriles is 1. The quantitative estimate of drug-likeness (QED) is 0.881. The van der Waals surface area contributed by atoms with Crippen molar-refractivity contribution >= 4 is 11.6 Å². The van der Waals surface area contributed by atoms with Crippen LogP contribution >= 0.6 is 0 Å². The molecule has 5 nitrogen and oxygen atoms in total. The van der Waals surface area contributed by atoms with Crippen molar-refractivity contribution in [2.75, 3.05) is 31.1 Å². The lowest BCUT2D eigenvalue weighted by Crippen LogP contribution is -2.34. The molecule has 25 heavy (non-hydrogen) atoms. The number of hydrogen-bond acceptors (Lipinski definition) is 4. The van der Waals surface area contributed by atoms with Crippen LogP contribution < -0.4 is 15.0 Å². The third-order valence-corrected chi connectivity index (χ3v) is 4.33. The fourth-order valence-electron chi connectivity index (χ4n) is 2.99. The third-order valence-electron chi connectivity index (χ3n) is 4.33. The van der Waals surface area contributed by atoms with Crippen molar-refractivity contribution in [3.8, 4) is 11.8 Å². The van der Waals surface area contributed by atoms with E-state index in [-0.39, 0.29) is 12.5 Å². The monoisotopic (exact) mass is 335 g/mol. The molecule has 0 saturated carbocycles. The zero-order chi connectivity index (χ0) is 17.5. The molecular weight excluding hydrogens is 314 g/mol. The van der Waals surface area contributed by atoms with Gasteiger partial charge in [-0.3, -0.25) is 4.79 Å². The molecule has 1 aliphatic rings. The second-order valence-corrected chi connectivity index (χ2v) is 6.17. The van der Waals surface area contributed by atoms with Crippen LogP contribution in [0.5, 0.6) is 5.75 Å².